The van der Waals surface area contributed by atoms with Gasteiger partial charge in [-0.2, -0.15) is 0 Å². The van der Waals surface area contributed by atoms with Crippen LogP contribution in [-0.2, 0) is 4.79 Å². The standard InChI is InChI=1S/C9H19N3O/c1-4-6-11-9(13)7(3)12-8(10)5-2/h7H,4-6H2,1-3H3,(H2,10,12)(H,11,13). The zero-order chi connectivity index (χ0) is 10.3. The monoisotopic (exact) mass is 185 g/mol. The van der Waals surface area contributed by atoms with E-state index in [1.807, 2.05) is 13.8 Å². The molecule has 0 aliphatic rings. The summed E-state index contributed by atoms with van der Waals surface area (Å²) in [6, 6.07) is -0.369. The van der Waals surface area contributed by atoms with Crippen LogP contribution in [-0.4, -0.2) is 24.3 Å². The van der Waals surface area contributed by atoms with Gasteiger partial charge in [0.1, 0.15) is 6.04 Å². The van der Waals surface area contributed by atoms with Crippen LogP contribution in [0, 0.1) is 0 Å². The predicted octanol–water partition coefficient (Wildman–Crippen LogP) is 0.668. The summed E-state index contributed by atoms with van der Waals surface area (Å²) in [4.78, 5) is 15.3. The number of amides is 1. The van der Waals surface area contributed by atoms with Crippen molar-refractivity contribution in [2.75, 3.05) is 6.54 Å². The summed E-state index contributed by atoms with van der Waals surface area (Å²) in [6.45, 7) is 6.36. The number of nitrogens with two attached hydrogens (primary N) is 1. The molecule has 0 radical (unpaired) electrons. The molecule has 4 heteroatoms. The van der Waals surface area contributed by atoms with Gasteiger partial charge in [0.2, 0.25) is 5.91 Å². The smallest absolute Gasteiger partial charge is 0.244 e. The van der Waals surface area contributed by atoms with Crippen molar-refractivity contribution in [2.45, 2.75) is 39.7 Å². The molecule has 0 fully saturated rings. The minimum atomic E-state index is -0.369. The third-order valence-electron chi connectivity index (χ3n) is 1.65. The summed E-state index contributed by atoms with van der Waals surface area (Å²) < 4.78 is 0. The highest BCUT2D eigenvalue weighted by Crippen LogP contribution is 1.91. The van der Waals surface area contributed by atoms with E-state index >= 15 is 0 Å². The highest BCUT2D eigenvalue weighted by molar-refractivity contribution is 5.87. The predicted molar refractivity (Wildman–Crippen MR) is 54.7 cm³/mol. The van der Waals surface area contributed by atoms with Crippen LogP contribution < -0.4 is 11.1 Å². The molecule has 13 heavy (non-hydrogen) atoms. The third-order valence-corrected chi connectivity index (χ3v) is 1.65. The van der Waals surface area contributed by atoms with Crippen molar-refractivity contribution in [1.82, 2.24) is 5.32 Å². The quantitative estimate of drug-likeness (QED) is 0.488. The first-order valence-corrected chi connectivity index (χ1v) is 4.71. The molecular formula is C9H19N3O. The molecule has 1 amide bonds. The van der Waals surface area contributed by atoms with Gasteiger partial charge in [-0.3, -0.25) is 9.79 Å². The minimum absolute atomic E-state index is 0.0572. The van der Waals surface area contributed by atoms with Crippen LogP contribution in [0.15, 0.2) is 4.99 Å². The lowest BCUT2D eigenvalue weighted by Crippen LogP contribution is -2.33. The van der Waals surface area contributed by atoms with E-state index in [0.717, 1.165) is 6.42 Å². The largest absolute Gasteiger partial charge is 0.387 e. The molecule has 0 heterocycles. The van der Waals surface area contributed by atoms with Crippen molar-refractivity contribution < 1.29 is 4.79 Å². The Morgan fingerprint density at radius 3 is 2.62 bits per heavy atom. The molecule has 0 saturated carbocycles. The van der Waals surface area contributed by atoms with E-state index in [4.69, 9.17) is 5.73 Å². The topological polar surface area (TPSA) is 67.5 Å². The lowest BCUT2D eigenvalue weighted by molar-refractivity contribution is -0.121. The van der Waals surface area contributed by atoms with E-state index in [2.05, 4.69) is 10.3 Å². The van der Waals surface area contributed by atoms with Crippen LogP contribution in [0.5, 0.6) is 0 Å². The number of nitrogens with zero attached hydrogens (tertiary/aromatic N) is 1. The van der Waals surface area contributed by atoms with Crippen molar-refractivity contribution in [1.29, 1.82) is 0 Å². The number of carbonyl (C=O) groups excluding carboxylic acids is 1. The molecule has 0 rings (SSSR count). The molecule has 0 spiro atoms. The summed E-state index contributed by atoms with van der Waals surface area (Å²) in [6.07, 6.45) is 1.62. The first-order chi connectivity index (χ1) is 6.11. The Morgan fingerprint density at radius 1 is 1.54 bits per heavy atom. The summed E-state index contributed by atoms with van der Waals surface area (Å²) in [5.41, 5.74) is 5.51. The Bertz CT molecular complexity index is 189. The molecule has 0 aromatic rings. The molecular weight excluding hydrogens is 166 g/mol. The number of nitrogens with one attached hydrogen (secondary N) is 1. The molecule has 0 saturated heterocycles. The summed E-state index contributed by atoms with van der Waals surface area (Å²) in [5, 5.41) is 2.76. The van der Waals surface area contributed by atoms with Crippen molar-refractivity contribution >= 4 is 11.7 Å². The zero-order valence-corrected chi connectivity index (χ0v) is 8.63. The van der Waals surface area contributed by atoms with E-state index in [-0.39, 0.29) is 11.9 Å². The summed E-state index contributed by atoms with van der Waals surface area (Å²) in [5.74, 6) is 0.470. The fraction of sp³-hybridized carbons (Fsp3) is 0.778. The lowest BCUT2D eigenvalue weighted by Gasteiger charge is -2.07. The van der Waals surface area contributed by atoms with Crippen LogP contribution in [0.1, 0.15) is 33.6 Å². The second-order valence-electron chi connectivity index (χ2n) is 2.94. The van der Waals surface area contributed by atoms with E-state index in [1.54, 1.807) is 6.92 Å². The van der Waals surface area contributed by atoms with Gasteiger partial charge in [-0.05, 0) is 13.3 Å². The van der Waals surface area contributed by atoms with Gasteiger partial charge in [-0.1, -0.05) is 13.8 Å². The molecule has 3 N–H and O–H groups in total. The normalized spacial score (nSPS) is 13.9. The van der Waals surface area contributed by atoms with Gasteiger partial charge in [0.05, 0.1) is 5.84 Å². The second kappa shape index (κ2) is 6.46. The molecule has 76 valence electrons. The Hall–Kier alpha value is -1.06. The number of rotatable bonds is 5. The van der Waals surface area contributed by atoms with Crippen molar-refractivity contribution in [2.24, 2.45) is 10.7 Å². The maximum absolute atomic E-state index is 11.3. The van der Waals surface area contributed by atoms with Gasteiger partial charge in [0.25, 0.3) is 0 Å². The minimum Gasteiger partial charge on any atom is -0.387 e. The molecule has 1 unspecified atom stereocenters. The van der Waals surface area contributed by atoms with Gasteiger partial charge < -0.3 is 11.1 Å². The Morgan fingerprint density at radius 2 is 2.15 bits per heavy atom. The van der Waals surface area contributed by atoms with E-state index < -0.39 is 0 Å². The van der Waals surface area contributed by atoms with Crippen LogP contribution in [0.25, 0.3) is 0 Å². The Balaban J connectivity index is 3.95. The average Bonchev–Trinajstić information content (AvgIpc) is 2.13. The maximum Gasteiger partial charge on any atom is 0.244 e. The van der Waals surface area contributed by atoms with Gasteiger partial charge in [0, 0.05) is 13.0 Å². The van der Waals surface area contributed by atoms with Gasteiger partial charge in [-0.25, -0.2) is 0 Å². The molecule has 0 aliphatic carbocycles. The van der Waals surface area contributed by atoms with Crippen molar-refractivity contribution in [3.63, 3.8) is 0 Å². The summed E-state index contributed by atoms with van der Waals surface area (Å²) in [7, 11) is 0. The first-order valence-electron chi connectivity index (χ1n) is 4.71. The van der Waals surface area contributed by atoms with Gasteiger partial charge >= 0.3 is 0 Å². The molecule has 0 aromatic heterocycles. The van der Waals surface area contributed by atoms with E-state index in [9.17, 15) is 4.79 Å². The zero-order valence-electron chi connectivity index (χ0n) is 8.63. The lowest BCUT2D eigenvalue weighted by atomic mass is 10.3. The van der Waals surface area contributed by atoms with Crippen LogP contribution >= 0.6 is 0 Å². The Labute approximate surface area is 79.6 Å². The van der Waals surface area contributed by atoms with E-state index in [0.29, 0.717) is 18.8 Å². The van der Waals surface area contributed by atoms with Gasteiger partial charge in [0.15, 0.2) is 0 Å². The second-order valence-corrected chi connectivity index (χ2v) is 2.94. The van der Waals surface area contributed by atoms with Crippen LogP contribution in [0.3, 0.4) is 0 Å². The molecule has 0 aromatic carbocycles. The number of amidine groups is 1. The molecule has 4 nitrogen and oxygen atoms in total. The SMILES string of the molecule is CCCNC(=O)C(C)N=C(N)CC. The number of hydrogen-bond donors (Lipinski definition) is 2. The molecule has 0 aliphatic heterocycles. The van der Waals surface area contributed by atoms with Crippen molar-refractivity contribution in [3.8, 4) is 0 Å². The summed E-state index contributed by atoms with van der Waals surface area (Å²) >= 11 is 0. The fourth-order valence-electron chi connectivity index (χ4n) is 0.795. The molecule has 0 bridgehead atoms. The van der Waals surface area contributed by atoms with Crippen LogP contribution in [0.2, 0.25) is 0 Å². The first kappa shape index (κ1) is 11.9. The van der Waals surface area contributed by atoms with Crippen LogP contribution in [0.4, 0.5) is 0 Å². The molecule has 1 atom stereocenters. The van der Waals surface area contributed by atoms with Gasteiger partial charge in [-0.15, -0.1) is 0 Å². The fourth-order valence-corrected chi connectivity index (χ4v) is 0.795. The number of carbonyl (C=O) groups is 1. The average molecular weight is 185 g/mol. The highest BCUT2D eigenvalue weighted by atomic mass is 16.2. The van der Waals surface area contributed by atoms with Crippen molar-refractivity contribution in [3.05, 3.63) is 0 Å². The van der Waals surface area contributed by atoms with E-state index in [1.165, 1.54) is 0 Å². The Kier molecular flexibility index (Phi) is 5.93. The third kappa shape index (κ3) is 5.22. The maximum atomic E-state index is 11.3. The highest BCUT2D eigenvalue weighted by Gasteiger charge is 2.09. The number of hydrogen-bond acceptors (Lipinski definition) is 2. The number of aliphatic imine (C=N–C) groups is 1.